The van der Waals surface area contributed by atoms with Gasteiger partial charge in [0.15, 0.2) is 11.6 Å². The van der Waals surface area contributed by atoms with Crippen molar-refractivity contribution in [2.75, 3.05) is 38.1 Å². The number of nitrogens with zero attached hydrogens (tertiary/aromatic N) is 5. The van der Waals surface area contributed by atoms with Gasteiger partial charge in [-0.1, -0.05) is 0 Å². The first-order valence-corrected chi connectivity index (χ1v) is 6.31. The Kier molecular flexibility index (Phi) is 4.32. The SMILES string of the molecule is COc1cccnc1N(C)C(=O)c1cnc(N(C)C)cn1. The van der Waals surface area contributed by atoms with E-state index in [9.17, 15) is 4.79 Å². The first-order chi connectivity index (χ1) is 10.0. The number of amides is 1. The number of hydrogen-bond acceptors (Lipinski definition) is 6. The average molecular weight is 287 g/mol. The van der Waals surface area contributed by atoms with Crippen molar-refractivity contribution in [3.05, 3.63) is 36.4 Å². The molecule has 2 aromatic heterocycles. The molecule has 0 atom stereocenters. The maximum atomic E-state index is 12.4. The number of methoxy groups -OCH3 is 1. The van der Waals surface area contributed by atoms with E-state index in [-0.39, 0.29) is 11.6 Å². The van der Waals surface area contributed by atoms with Gasteiger partial charge in [0.2, 0.25) is 0 Å². The largest absolute Gasteiger partial charge is 0.493 e. The minimum Gasteiger partial charge on any atom is -0.493 e. The normalized spacial score (nSPS) is 10.1. The molecule has 0 unspecified atom stereocenters. The quantitative estimate of drug-likeness (QED) is 0.842. The lowest BCUT2D eigenvalue weighted by atomic mass is 10.3. The Balaban J connectivity index is 2.26. The number of ether oxygens (including phenoxy) is 1. The lowest BCUT2D eigenvalue weighted by Crippen LogP contribution is -2.28. The van der Waals surface area contributed by atoms with Crippen LogP contribution in [0.15, 0.2) is 30.7 Å². The molecule has 2 heterocycles. The number of rotatable bonds is 4. The van der Waals surface area contributed by atoms with Crippen molar-refractivity contribution in [3.8, 4) is 5.75 Å². The highest BCUT2D eigenvalue weighted by molar-refractivity contribution is 6.04. The van der Waals surface area contributed by atoms with E-state index in [1.54, 1.807) is 31.6 Å². The third kappa shape index (κ3) is 3.07. The second-order valence-electron chi connectivity index (χ2n) is 4.55. The van der Waals surface area contributed by atoms with Crippen LogP contribution in [-0.4, -0.2) is 49.1 Å². The van der Waals surface area contributed by atoms with Crippen molar-refractivity contribution in [3.63, 3.8) is 0 Å². The van der Waals surface area contributed by atoms with Gasteiger partial charge in [-0.3, -0.25) is 9.69 Å². The molecule has 0 aromatic carbocycles. The van der Waals surface area contributed by atoms with Gasteiger partial charge in [0.25, 0.3) is 5.91 Å². The van der Waals surface area contributed by atoms with E-state index in [2.05, 4.69) is 15.0 Å². The second kappa shape index (κ2) is 6.17. The third-order valence-corrected chi connectivity index (χ3v) is 2.91. The number of carbonyl (C=O) groups excluding carboxylic acids is 1. The standard InChI is InChI=1S/C14H17N5O2/c1-18(2)12-9-16-10(8-17-12)14(20)19(3)13-11(21-4)6-5-7-15-13/h5-9H,1-4H3. The fourth-order valence-electron chi connectivity index (χ4n) is 1.72. The van der Waals surface area contributed by atoms with E-state index >= 15 is 0 Å². The molecule has 0 saturated carbocycles. The fourth-order valence-corrected chi connectivity index (χ4v) is 1.72. The Bertz CT molecular complexity index is 628. The van der Waals surface area contributed by atoms with Crippen LogP contribution in [-0.2, 0) is 0 Å². The van der Waals surface area contributed by atoms with E-state index in [0.29, 0.717) is 17.4 Å². The summed E-state index contributed by atoms with van der Waals surface area (Å²) in [6.45, 7) is 0. The topological polar surface area (TPSA) is 71.5 Å². The molecular formula is C14H17N5O2. The predicted octanol–water partition coefficient (Wildman–Crippen LogP) is 1.22. The number of carbonyl (C=O) groups is 1. The molecule has 0 N–H and O–H groups in total. The van der Waals surface area contributed by atoms with Gasteiger partial charge < -0.3 is 9.64 Å². The molecule has 0 aliphatic rings. The minimum atomic E-state index is -0.301. The molecular weight excluding hydrogens is 270 g/mol. The van der Waals surface area contributed by atoms with Crippen molar-refractivity contribution in [2.24, 2.45) is 0 Å². The van der Waals surface area contributed by atoms with Crippen LogP contribution in [0.3, 0.4) is 0 Å². The van der Waals surface area contributed by atoms with Gasteiger partial charge in [0, 0.05) is 27.3 Å². The molecule has 0 aliphatic heterocycles. The van der Waals surface area contributed by atoms with Crippen LogP contribution in [0.5, 0.6) is 5.75 Å². The van der Waals surface area contributed by atoms with Crippen molar-refractivity contribution in [1.29, 1.82) is 0 Å². The molecule has 21 heavy (non-hydrogen) atoms. The molecule has 0 radical (unpaired) electrons. The van der Waals surface area contributed by atoms with Gasteiger partial charge in [0.1, 0.15) is 11.5 Å². The Morgan fingerprint density at radius 2 is 1.90 bits per heavy atom. The van der Waals surface area contributed by atoms with E-state index in [1.165, 1.54) is 18.2 Å². The summed E-state index contributed by atoms with van der Waals surface area (Å²) in [4.78, 5) is 28.1. The molecule has 0 spiro atoms. The molecule has 7 nitrogen and oxygen atoms in total. The first kappa shape index (κ1) is 14.7. The van der Waals surface area contributed by atoms with Gasteiger partial charge in [-0.15, -0.1) is 0 Å². The van der Waals surface area contributed by atoms with Crippen LogP contribution in [0.2, 0.25) is 0 Å². The van der Waals surface area contributed by atoms with Gasteiger partial charge in [0.05, 0.1) is 19.5 Å². The van der Waals surface area contributed by atoms with Gasteiger partial charge in [-0.2, -0.15) is 0 Å². The summed E-state index contributed by atoms with van der Waals surface area (Å²) in [6, 6.07) is 3.49. The molecule has 2 aromatic rings. The summed E-state index contributed by atoms with van der Waals surface area (Å²) in [5.74, 6) is 1.34. The monoisotopic (exact) mass is 287 g/mol. The molecule has 0 bridgehead atoms. The zero-order chi connectivity index (χ0) is 15.4. The molecule has 7 heteroatoms. The van der Waals surface area contributed by atoms with Crippen LogP contribution < -0.4 is 14.5 Å². The average Bonchev–Trinajstić information content (AvgIpc) is 2.53. The molecule has 1 amide bonds. The third-order valence-electron chi connectivity index (χ3n) is 2.91. The first-order valence-electron chi connectivity index (χ1n) is 6.31. The Morgan fingerprint density at radius 1 is 1.14 bits per heavy atom. The lowest BCUT2D eigenvalue weighted by molar-refractivity contribution is 0.0986. The molecule has 0 aliphatic carbocycles. The van der Waals surface area contributed by atoms with Crippen molar-refractivity contribution in [1.82, 2.24) is 15.0 Å². The van der Waals surface area contributed by atoms with Crippen LogP contribution in [0.4, 0.5) is 11.6 Å². The number of hydrogen-bond donors (Lipinski definition) is 0. The lowest BCUT2D eigenvalue weighted by Gasteiger charge is -2.18. The maximum Gasteiger partial charge on any atom is 0.279 e. The van der Waals surface area contributed by atoms with Crippen molar-refractivity contribution in [2.45, 2.75) is 0 Å². The molecule has 2 rings (SSSR count). The van der Waals surface area contributed by atoms with Crippen molar-refractivity contribution >= 4 is 17.5 Å². The van der Waals surface area contributed by atoms with Gasteiger partial charge >= 0.3 is 0 Å². The summed E-state index contributed by atoms with van der Waals surface area (Å²) >= 11 is 0. The van der Waals surface area contributed by atoms with E-state index in [0.717, 1.165) is 0 Å². The zero-order valence-corrected chi connectivity index (χ0v) is 12.4. The summed E-state index contributed by atoms with van der Waals surface area (Å²) in [7, 11) is 6.87. The van der Waals surface area contributed by atoms with Gasteiger partial charge in [-0.05, 0) is 12.1 Å². The van der Waals surface area contributed by atoms with Crippen LogP contribution in [0, 0.1) is 0 Å². The minimum absolute atomic E-state index is 0.246. The highest BCUT2D eigenvalue weighted by Crippen LogP contribution is 2.24. The zero-order valence-electron chi connectivity index (χ0n) is 12.4. The van der Waals surface area contributed by atoms with Crippen molar-refractivity contribution < 1.29 is 9.53 Å². The highest BCUT2D eigenvalue weighted by Gasteiger charge is 2.19. The number of aromatic nitrogens is 3. The van der Waals surface area contributed by atoms with Crippen LogP contribution in [0.25, 0.3) is 0 Å². The van der Waals surface area contributed by atoms with Crippen LogP contribution in [0.1, 0.15) is 10.5 Å². The molecule has 0 fully saturated rings. The summed E-state index contributed by atoms with van der Waals surface area (Å²) in [5.41, 5.74) is 0.246. The maximum absolute atomic E-state index is 12.4. The molecule has 0 saturated heterocycles. The number of anilines is 2. The Hall–Kier alpha value is -2.70. The van der Waals surface area contributed by atoms with E-state index < -0.39 is 0 Å². The molecule has 110 valence electrons. The second-order valence-corrected chi connectivity index (χ2v) is 4.55. The highest BCUT2D eigenvalue weighted by atomic mass is 16.5. The Morgan fingerprint density at radius 3 is 2.48 bits per heavy atom. The number of pyridine rings is 1. The fraction of sp³-hybridized carbons (Fsp3) is 0.286. The van der Waals surface area contributed by atoms with E-state index in [1.807, 2.05) is 19.0 Å². The van der Waals surface area contributed by atoms with E-state index in [4.69, 9.17) is 4.74 Å². The predicted molar refractivity (Wildman–Crippen MR) is 79.9 cm³/mol. The smallest absolute Gasteiger partial charge is 0.279 e. The van der Waals surface area contributed by atoms with Gasteiger partial charge in [-0.25, -0.2) is 15.0 Å². The van der Waals surface area contributed by atoms with Crippen LogP contribution >= 0.6 is 0 Å². The Labute approximate surface area is 123 Å². The summed E-state index contributed by atoms with van der Waals surface area (Å²) < 4.78 is 5.20. The summed E-state index contributed by atoms with van der Waals surface area (Å²) in [5, 5.41) is 0. The summed E-state index contributed by atoms with van der Waals surface area (Å²) in [6.07, 6.45) is 4.60.